The van der Waals surface area contributed by atoms with Gasteiger partial charge in [-0.05, 0) is 42.9 Å². The average Bonchev–Trinajstić information content (AvgIpc) is 4.13. The summed E-state index contributed by atoms with van der Waals surface area (Å²) in [6.45, 7) is 1.02. The number of methoxy groups -OCH3 is 2. The van der Waals surface area contributed by atoms with E-state index in [1.54, 1.807) is 52.7 Å². The molecule has 0 spiro atoms. The molecule has 3 aromatic heterocycles. The summed E-state index contributed by atoms with van der Waals surface area (Å²) in [6.07, 6.45) is 6.60. The van der Waals surface area contributed by atoms with Crippen LogP contribution in [0, 0.1) is 0 Å². The number of nitrogens with zero attached hydrogens (tertiary/aromatic N) is 5. The van der Waals surface area contributed by atoms with Crippen molar-refractivity contribution in [2.75, 3.05) is 27.3 Å². The smallest absolute Gasteiger partial charge is 0.407 e. The molecule has 0 saturated carbocycles. The van der Waals surface area contributed by atoms with Gasteiger partial charge in [0.25, 0.3) is 11.8 Å². The van der Waals surface area contributed by atoms with Crippen LogP contribution >= 0.6 is 0 Å². The third-order valence-electron chi connectivity index (χ3n) is 10.7. The first-order valence-electron chi connectivity index (χ1n) is 19.4. The summed E-state index contributed by atoms with van der Waals surface area (Å²) in [7, 11) is 2.53. The van der Waals surface area contributed by atoms with Gasteiger partial charge in [-0.25, -0.2) is 24.5 Å². The van der Waals surface area contributed by atoms with Crippen molar-refractivity contribution in [1.82, 2.24) is 45.4 Å². The Balaban J connectivity index is 0.969. The van der Waals surface area contributed by atoms with Crippen LogP contribution in [-0.4, -0.2) is 86.0 Å². The third-order valence-corrected chi connectivity index (χ3v) is 10.7. The van der Waals surface area contributed by atoms with E-state index in [9.17, 15) is 19.2 Å². The van der Waals surface area contributed by atoms with Gasteiger partial charge < -0.3 is 44.3 Å². The molecular weight excluding hydrogens is 755 g/mol. The van der Waals surface area contributed by atoms with Gasteiger partial charge in [0.2, 0.25) is 5.89 Å². The number of hydrogen-bond donors (Lipinski definition) is 4. The van der Waals surface area contributed by atoms with Crippen molar-refractivity contribution in [3.63, 3.8) is 0 Å². The third kappa shape index (κ3) is 8.14. The van der Waals surface area contributed by atoms with E-state index < -0.39 is 24.3 Å². The van der Waals surface area contributed by atoms with E-state index >= 15 is 0 Å². The molecule has 59 heavy (non-hydrogen) atoms. The monoisotopic (exact) mass is 797 g/mol. The Labute approximate surface area is 339 Å². The van der Waals surface area contributed by atoms with Crippen LogP contribution in [0.5, 0.6) is 0 Å². The number of rotatable bonds is 11. The number of oxazole rings is 1. The zero-order valence-electron chi connectivity index (χ0n) is 32.5. The number of imidazole rings is 2. The first-order chi connectivity index (χ1) is 28.8. The molecule has 2 saturated heterocycles. The van der Waals surface area contributed by atoms with Crippen LogP contribution in [0.2, 0.25) is 0 Å². The Hall–Kier alpha value is -7.23. The number of carbonyl (C=O) groups is 4. The van der Waals surface area contributed by atoms with Gasteiger partial charge in [0, 0.05) is 24.2 Å². The summed E-state index contributed by atoms with van der Waals surface area (Å²) in [4.78, 5) is 76.4. The van der Waals surface area contributed by atoms with Crippen molar-refractivity contribution in [1.29, 1.82) is 0 Å². The largest absolute Gasteiger partial charge is 0.453 e. The molecule has 16 heteroatoms. The lowest BCUT2D eigenvalue weighted by atomic mass is 10.0. The SMILES string of the molecule is COC(=O)N[C@@H](C(=O)N1CCC[C@@H]1c1ncc(-c2cccc(-c3cnc(-c4cnc([C@H]5CCCN5C(=O)[C@H](NC(=O)OC)c5ccccc5)[nH]4)o3)c2)[nH]1)c1ccccc1. The average molecular weight is 798 g/mol. The summed E-state index contributed by atoms with van der Waals surface area (Å²) >= 11 is 0. The Morgan fingerprint density at radius 1 is 0.661 bits per heavy atom. The van der Waals surface area contributed by atoms with Crippen molar-refractivity contribution in [3.05, 3.63) is 126 Å². The summed E-state index contributed by atoms with van der Waals surface area (Å²) < 4.78 is 15.9. The molecule has 5 heterocycles. The Morgan fingerprint density at radius 3 is 1.71 bits per heavy atom. The number of hydrogen-bond acceptors (Lipinski definition) is 10. The quantitative estimate of drug-likeness (QED) is 0.110. The van der Waals surface area contributed by atoms with E-state index in [4.69, 9.17) is 18.9 Å². The van der Waals surface area contributed by atoms with Crippen LogP contribution < -0.4 is 10.6 Å². The fourth-order valence-corrected chi connectivity index (χ4v) is 7.82. The van der Waals surface area contributed by atoms with Gasteiger partial charge in [-0.15, -0.1) is 0 Å². The number of amides is 4. The van der Waals surface area contributed by atoms with E-state index in [0.717, 1.165) is 29.7 Å². The van der Waals surface area contributed by atoms with Crippen LogP contribution in [-0.2, 0) is 19.1 Å². The second-order valence-electron chi connectivity index (χ2n) is 14.3. The second kappa shape index (κ2) is 17.1. The topological polar surface area (TPSA) is 201 Å². The fourth-order valence-electron chi connectivity index (χ4n) is 7.82. The van der Waals surface area contributed by atoms with E-state index in [0.29, 0.717) is 66.1 Å². The second-order valence-corrected chi connectivity index (χ2v) is 14.3. The number of aromatic amines is 2. The molecule has 4 atom stereocenters. The van der Waals surface area contributed by atoms with Gasteiger partial charge in [-0.3, -0.25) is 9.59 Å². The molecule has 2 aliphatic rings. The maximum Gasteiger partial charge on any atom is 0.407 e. The van der Waals surface area contributed by atoms with Crippen molar-refractivity contribution < 1.29 is 33.1 Å². The highest BCUT2D eigenvalue weighted by Crippen LogP contribution is 2.37. The van der Waals surface area contributed by atoms with Crippen LogP contribution in [0.25, 0.3) is 34.2 Å². The predicted molar refractivity (Wildman–Crippen MR) is 214 cm³/mol. The summed E-state index contributed by atoms with van der Waals surface area (Å²) in [6, 6.07) is 23.4. The highest BCUT2D eigenvalue weighted by molar-refractivity contribution is 5.88. The molecule has 0 unspecified atom stereocenters. The molecule has 0 bridgehead atoms. The highest BCUT2D eigenvalue weighted by atomic mass is 16.5. The zero-order valence-corrected chi connectivity index (χ0v) is 32.5. The van der Waals surface area contributed by atoms with Gasteiger partial charge >= 0.3 is 12.2 Å². The van der Waals surface area contributed by atoms with Crippen molar-refractivity contribution in [2.24, 2.45) is 0 Å². The number of carbonyl (C=O) groups excluding carboxylic acids is 4. The molecule has 2 fully saturated rings. The normalized spacial score (nSPS) is 17.3. The van der Waals surface area contributed by atoms with Gasteiger partial charge in [0.05, 0.1) is 50.6 Å². The first-order valence-corrected chi connectivity index (χ1v) is 19.4. The van der Waals surface area contributed by atoms with Crippen molar-refractivity contribution >= 4 is 24.0 Å². The zero-order chi connectivity index (χ0) is 40.9. The molecule has 3 aromatic carbocycles. The van der Waals surface area contributed by atoms with E-state index in [1.807, 2.05) is 60.7 Å². The van der Waals surface area contributed by atoms with Crippen molar-refractivity contribution in [2.45, 2.75) is 49.9 Å². The number of H-pyrrole nitrogens is 2. The van der Waals surface area contributed by atoms with E-state index in [-0.39, 0.29) is 23.9 Å². The standard InChI is InChI=1S/C43H43N9O7/c1-57-42(55)49-35(26-12-5-3-6-13-26)40(53)51-20-10-18-32(51)37-44-23-30(47-37)28-16-9-17-29(22-28)34-25-46-39(59-34)31-24-45-38(48-31)33-19-11-21-52(33)41(54)36(50-43(56)58-2)27-14-7-4-8-15-27/h3-9,12-17,22-25,32-33,35-36H,10-11,18-21H2,1-2H3,(H,44,47)(H,45,48)(H,49,55)(H,50,56)/t32-,33-,35-,36-/m1/s1. The lowest BCUT2D eigenvalue weighted by Crippen LogP contribution is -2.42. The van der Waals surface area contributed by atoms with Gasteiger partial charge in [0.15, 0.2) is 5.76 Å². The number of aromatic nitrogens is 5. The van der Waals surface area contributed by atoms with Crippen molar-refractivity contribution in [3.8, 4) is 34.2 Å². The van der Waals surface area contributed by atoms with E-state index in [1.165, 1.54) is 14.2 Å². The lowest BCUT2D eigenvalue weighted by Gasteiger charge is -2.28. The molecule has 4 amide bonds. The maximum absolute atomic E-state index is 13.9. The molecule has 16 nitrogen and oxygen atoms in total. The fraction of sp³-hybridized carbons (Fsp3) is 0.279. The predicted octanol–water partition coefficient (Wildman–Crippen LogP) is 6.64. The van der Waals surface area contributed by atoms with Crippen LogP contribution in [0.1, 0.15) is 72.6 Å². The van der Waals surface area contributed by atoms with Gasteiger partial charge in [-0.2, -0.15) is 0 Å². The first kappa shape index (κ1) is 38.6. The highest BCUT2D eigenvalue weighted by Gasteiger charge is 2.38. The molecule has 6 aromatic rings. The molecule has 2 aliphatic heterocycles. The maximum atomic E-state index is 13.9. The number of nitrogens with one attached hydrogen (secondary N) is 4. The lowest BCUT2D eigenvalue weighted by molar-refractivity contribution is -0.135. The molecule has 4 N–H and O–H groups in total. The summed E-state index contributed by atoms with van der Waals surface area (Å²) in [5.41, 5.74) is 4.26. The Kier molecular flexibility index (Phi) is 11.2. The summed E-state index contributed by atoms with van der Waals surface area (Å²) in [5.74, 6) is 1.60. The molecule has 0 aliphatic carbocycles. The van der Waals surface area contributed by atoms with Crippen LogP contribution in [0.3, 0.4) is 0 Å². The van der Waals surface area contributed by atoms with Crippen LogP contribution in [0.4, 0.5) is 9.59 Å². The Morgan fingerprint density at radius 2 is 1.17 bits per heavy atom. The number of ether oxygens (including phenoxy) is 2. The van der Waals surface area contributed by atoms with Crippen LogP contribution in [0.15, 0.2) is 108 Å². The van der Waals surface area contributed by atoms with Gasteiger partial charge in [-0.1, -0.05) is 78.9 Å². The van der Waals surface area contributed by atoms with E-state index in [2.05, 4.69) is 30.6 Å². The van der Waals surface area contributed by atoms with Gasteiger partial charge in [0.1, 0.15) is 29.4 Å². The minimum absolute atomic E-state index is 0.242. The minimum atomic E-state index is -0.923. The molecular formula is C43H43N9O7. The molecule has 0 radical (unpaired) electrons. The number of benzene rings is 3. The summed E-state index contributed by atoms with van der Waals surface area (Å²) in [5, 5.41) is 5.39. The number of alkyl carbamates (subject to hydrolysis) is 2. The Bertz CT molecular complexity index is 2430. The minimum Gasteiger partial charge on any atom is -0.453 e. The number of likely N-dealkylation sites (tertiary alicyclic amines) is 2. The molecule has 8 rings (SSSR count). The molecule has 302 valence electrons.